The van der Waals surface area contributed by atoms with E-state index >= 15 is 0 Å². The summed E-state index contributed by atoms with van der Waals surface area (Å²) in [5.74, 6) is 1.11. The summed E-state index contributed by atoms with van der Waals surface area (Å²) in [6, 6.07) is 44.1. The van der Waals surface area contributed by atoms with Crippen molar-refractivity contribution in [3.8, 4) is 17.2 Å². The fraction of sp³-hybridized carbons (Fsp3) is 0.0714. The van der Waals surface area contributed by atoms with E-state index in [0.717, 1.165) is 38.1 Å². The van der Waals surface area contributed by atoms with Crippen LogP contribution >= 0.6 is 23.5 Å². The summed E-state index contributed by atoms with van der Waals surface area (Å²) in [6.07, 6.45) is 3.35. The topological polar surface area (TPSA) is 63.3 Å². The maximum Gasteiger partial charge on any atom is 0.248 e. The number of nitrogens with one attached hydrogen (secondary N) is 1. The molecule has 0 aliphatic carbocycles. The van der Waals surface area contributed by atoms with E-state index in [1.807, 2.05) is 23.9 Å². The van der Waals surface area contributed by atoms with Crippen molar-refractivity contribution in [3.05, 3.63) is 139 Å². The lowest BCUT2D eigenvalue weighted by molar-refractivity contribution is -0.111. The second-order valence-corrected chi connectivity index (χ2v) is 13.9. The first-order valence-electron chi connectivity index (χ1n) is 16.3. The Morgan fingerprint density at radius 3 is 1.53 bits per heavy atom. The number of anilines is 7. The van der Waals surface area contributed by atoms with Gasteiger partial charge < -0.3 is 29.3 Å². The fourth-order valence-electron chi connectivity index (χ4n) is 6.40. The number of para-hydroxylation sites is 3. The molecule has 2 heterocycles. The molecule has 0 spiro atoms. The Labute approximate surface area is 305 Å². The summed E-state index contributed by atoms with van der Waals surface area (Å²) in [6.45, 7) is 0. The largest absolute Gasteiger partial charge is 0.493 e. The van der Waals surface area contributed by atoms with E-state index < -0.39 is 0 Å². The molecule has 0 fully saturated rings. The predicted octanol–water partition coefficient (Wildman–Crippen LogP) is 11.2. The Balaban J connectivity index is 1.08. The SMILES string of the molecule is COc1cc(NC(=O)/C=C/c2ccc3c(c2)Sc2ccccc2N3c2ccc(N3c4ccccc4Sc4ccccc43)cc2)cc(OC)c1OC. The van der Waals surface area contributed by atoms with E-state index in [1.165, 1.54) is 27.2 Å². The minimum atomic E-state index is -0.278. The average molecular weight is 708 g/mol. The van der Waals surface area contributed by atoms with Crippen LogP contribution in [0.5, 0.6) is 17.2 Å². The maximum absolute atomic E-state index is 13.0. The summed E-state index contributed by atoms with van der Waals surface area (Å²) >= 11 is 3.54. The zero-order valence-electron chi connectivity index (χ0n) is 28.1. The van der Waals surface area contributed by atoms with E-state index in [-0.39, 0.29) is 5.91 Å². The Morgan fingerprint density at radius 2 is 1.04 bits per heavy atom. The zero-order valence-corrected chi connectivity index (χ0v) is 29.8. The second kappa shape index (κ2) is 13.9. The number of hydrogen-bond donors (Lipinski definition) is 1. The summed E-state index contributed by atoms with van der Waals surface area (Å²) in [5, 5.41) is 2.90. The Hall–Kier alpha value is -5.77. The molecule has 7 nitrogen and oxygen atoms in total. The maximum atomic E-state index is 13.0. The highest BCUT2D eigenvalue weighted by molar-refractivity contribution is 8.00. The number of hydrogen-bond acceptors (Lipinski definition) is 8. The molecule has 2 aliphatic rings. The highest BCUT2D eigenvalue weighted by atomic mass is 32.2. The van der Waals surface area contributed by atoms with E-state index in [1.54, 1.807) is 45.2 Å². The van der Waals surface area contributed by atoms with Crippen molar-refractivity contribution in [3.63, 3.8) is 0 Å². The number of carbonyl (C=O) groups is 1. The third-order valence-electron chi connectivity index (χ3n) is 8.71. The molecule has 0 saturated carbocycles. The molecule has 9 heteroatoms. The fourth-order valence-corrected chi connectivity index (χ4v) is 8.56. The average Bonchev–Trinajstić information content (AvgIpc) is 3.17. The van der Waals surface area contributed by atoms with Crippen LogP contribution in [0.4, 0.5) is 39.8 Å². The van der Waals surface area contributed by atoms with Gasteiger partial charge in [-0.05, 0) is 84.4 Å². The van der Waals surface area contributed by atoms with Gasteiger partial charge >= 0.3 is 0 Å². The lowest BCUT2D eigenvalue weighted by Crippen LogP contribution is -2.16. The lowest BCUT2D eigenvalue weighted by Gasteiger charge is -2.35. The van der Waals surface area contributed by atoms with Gasteiger partial charge in [0, 0.05) is 54.9 Å². The standard InChI is InChI=1S/C42H33N3O4S2/c1-47-35-25-28(26-36(48-2)42(35)49-3)43-41(46)23-17-27-16-22-34-40(24-27)51-39-15-9-6-12-33(39)45(34)30-20-18-29(19-21-30)44-31-10-4-7-13-37(31)50-38-14-8-5-11-32(38)44/h4-26H,1-3H3,(H,43,46)/b23-17+. The van der Waals surface area contributed by atoms with E-state index in [2.05, 4.69) is 124 Å². The van der Waals surface area contributed by atoms with Crippen molar-refractivity contribution in [1.82, 2.24) is 0 Å². The van der Waals surface area contributed by atoms with Crippen molar-refractivity contribution >= 4 is 75.3 Å². The summed E-state index contributed by atoms with van der Waals surface area (Å²) in [7, 11) is 4.62. The molecule has 0 saturated heterocycles. The summed E-state index contributed by atoms with van der Waals surface area (Å²) in [4.78, 5) is 22.4. The molecule has 1 amide bonds. The number of benzene rings is 6. The van der Waals surface area contributed by atoms with E-state index in [9.17, 15) is 4.79 Å². The van der Waals surface area contributed by atoms with Gasteiger partial charge in [0.2, 0.25) is 11.7 Å². The summed E-state index contributed by atoms with van der Waals surface area (Å²) < 4.78 is 16.2. The third-order valence-corrected chi connectivity index (χ3v) is 11.0. The molecule has 0 aromatic heterocycles. The van der Waals surface area contributed by atoms with Crippen LogP contribution in [0, 0.1) is 0 Å². The molecule has 1 N–H and O–H groups in total. The molecule has 0 bridgehead atoms. The van der Waals surface area contributed by atoms with Crippen molar-refractivity contribution in [2.24, 2.45) is 0 Å². The van der Waals surface area contributed by atoms with Crippen LogP contribution < -0.4 is 29.3 Å². The monoisotopic (exact) mass is 707 g/mol. The Bertz CT molecular complexity index is 2240. The van der Waals surface area contributed by atoms with Gasteiger partial charge in [0.25, 0.3) is 0 Å². The first-order valence-corrected chi connectivity index (χ1v) is 17.9. The number of ether oxygens (including phenoxy) is 3. The smallest absolute Gasteiger partial charge is 0.248 e. The molecule has 0 unspecified atom stereocenters. The Morgan fingerprint density at radius 1 is 0.569 bits per heavy atom. The van der Waals surface area contributed by atoms with E-state index in [4.69, 9.17) is 14.2 Å². The van der Waals surface area contributed by atoms with Crippen LogP contribution in [0.15, 0.2) is 153 Å². The van der Waals surface area contributed by atoms with Crippen molar-refractivity contribution < 1.29 is 19.0 Å². The second-order valence-electron chi connectivity index (χ2n) is 11.8. The molecule has 252 valence electrons. The van der Waals surface area contributed by atoms with E-state index in [0.29, 0.717) is 22.9 Å². The number of fused-ring (bicyclic) bond motifs is 4. The molecule has 2 aliphatic heterocycles. The molecular formula is C42H33N3O4S2. The molecule has 6 aromatic rings. The van der Waals surface area contributed by atoms with Crippen LogP contribution in [0.2, 0.25) is 0 Å². The van der Waals surface area contributed by atoms with Gasteiger partial charge in [0.05, 0.1) is 44.1 Å². The molecule has 51 heavy (non-hydrogen) atoms. The molecular weight excluding hydrogens is 675 g/mol. The van der Waals surface area contributed by atoms with Crippen molar-refractivity contribution in [2.45, 2.75) is 19.6 Å². The number of amides is 1. The van der Waals surface area contributed by atoms with Crippen LogP contribution in [-0.2, 0) is 4.79 Å². The van der Waals surface area contributed by atoms with Gasteiger partial charge in [-0.1, -0.05) is 66.0 Å². The first-order chi connectivity index (χ1) is 25.0. The van der Waals surface area contributed by atoms with Crippen LogP contribution in [-0.4, -0.2) is 27.2 Å². The number of rotatable bonds is 8. The van der Waals surface area contributed by atoms with Crippen molar-refractivity contribution in [1.29, 1.82) is 0 Å². The highest BCUT2D eigenvalue weighted by Gasteiger charge is 2.27. The molecule has 6 aromatic carbocycles. The minimum Gasteiger partial charge on any atom is -0.493 e. The number of carbonyl (C=O) groups excluding carboxylic acids is 1. The van der Waals surface area contributed by atoms with Gasteiger partial charge in [-0.3, -0.25) is 4.79 Å². The Kier molecular flexibility index (Phi) is 8.81. The zero-order chi connectivity index (χ0) is 34.9. The van der Waals surface area contributed by atoms with Gasteiger partial charge in [-0.2, -0.15) is 0 Å². The highest BCUT2D eigenvalue weighted by Crippen LogP contribution is 2.54. The van der Waals surface area contributed by atoms with Crippen LogP contribution in [0.1, 0.15) is 5.56 Å². The van der Waals surface area contributed by atoms with Gasteiger partial charge in [0.15, 0.2) is 11.5 Å². The number of methoxy groups -OCH3 is 3. The normalized spacial score (nSPS) is 12.8. The van der Waals surface area contributed by atoms with Crippen LogP contribution in [0.3, 0.4) is 0 Å². The number of nitrogens with zero attached hydrogens (tertiary/aromatic N) is 2. The molecule has 8 rings (SSSR count). The van der Waals surface area contributed by atoms with Gasteiger partial charge in [-0.15, -0.1) is 0 Å². The summed E-state index contributed by atoms with van der Waals surface area (Å²) in [5.41, 5.74) is 8.17. The molecule has 0 radical (unpaired) electrons. The quantitative estimate of drug-likeness (QED) is 0.157. The lowest BCUT2D eigenvalue weighted by atomic mass is 10.1. The van der Waals surface area contributed by atoms with Gasteiger partial charge in [-0.25, -0.2) is 0 Å². The van der Waals surface area contributed by atoms with Gasteiger partial charge in [0.1, 0.15) is 0 Å². The minimum absolute atomic E-state index is 0.278. The van der Waals surface area contributed by atoms with Crippen molar-refractivity contribution in [2.75, 3.05) is 36.4 Å². The predicted molar refractivity (Wildman–Crippen MR) is 208 cm³/mol. The molecule has 0 atom stereocenters. The van der Waals surface area contributed by atoms with Crippen LogP contribution in [0.25, 0.3) is 6.08 Å². The first kappa shape index (κ1) is 32.4. The third kappa shape index (κ3) is 6.15.